The van der Waals surface area contributed by atoms with Gasteiger partial charge in [0.05, 0.1) is 54.5 Å². The maximum Gasteiger partial charge on any atom is 0.279 e. The molecular formula is C56H100N4O4+2. The van der Waals surface area contributed by atoms with Gasteiger partial charge in [-0.15, -0.1) is 0 Å². The Hall–Kier alpha value is -3.10. The number of anilines is 2. The summed E-state index contributed by atoms with van der Waals surface area (Å²) in [7, 11) is 8.44. The van der Waals surface area contributed by atoms with E-state index in [1.807, 2.05) is 48.5 Å². The third-order valence-electron chi connectivity index (χ3n) is 12.7. The molecule has 0 aromatic heterocycles. The number of carbonyl (C=O) groups excluding carboxylic acids is 2. The number of carbonyl (C=O) groups is 2. The Bertz CT molecular complexity index is 1300. The van der Waals surface area contributed by atoms with E-state index in [0.717, 1.165) is 74.9 Å². The highest BCUT2D eigenvalue weighted by Crippen LogP contribution is 2.20. The summed E-state index contributed by atoms with van der Waals surface area (Å²) in [5.74, 6) is 1.73. The molecule has 0 fully saturated rings. The molecule has 0 aliphatic heterocycles. The molecule has 0 saturated carbocycles. The van der Waals surface area contributed by atoms with Crippen molar-refractivity contribution >= 4 is 23.2 Å². The van der Waals surface area contributed by atoms with Gasteiger partial charge in [-0.05, 0) is 61.4 Å². The molecule has 0 aliphatic rings. The highest BCUT2D eigenvalue weighted by Gasteiger charge is 2.23. The summed E-state index contributed by atoms with van der Waals surface area (Å²) in [5, 5.41) is 6.14. The van der Waals surface area contributed by atoms with E-state index in [9.17, 15) is 9.59 Å². The third kappa shape index (κ3) is 32.5. The van der Waals surface area contributed by atoms with Crippen molar-refractivity contribution in [3.63, 3.8) is 0 Å². The zero-order valence-corrected chi connectivity index (χ0v) is 42.6. The van der Waals surface area contributed by atoms with E-state index >= 15 is 0 Å². The number of ether oxygens (including phenoxy) is 2. The molecular weight excluding hydrogens is 793 g/mol. The van der Waals surface area contributed by atoms with Crippen LogP contribution in [0.25, 0.3) is 0 Å². The summed E-state index contributed by atoms with van der Waals surface area (Å²) < 4.78 is 13.2. The highest BCUT2D eigenvalue weighted by molar-refractivity contribution is 5.92. The fraction of sp³-hybridized carbons (Fsp3) is 0.750. The van der Waals surface area contributed by atoms with Crippen LogP contribution < -0.4 is 20.1 Å². The quantitative estimate of drug-likeness (QED) is 0.0514. The number of likely N-dealkylation sites (N-methyl/N-ethyl adjacent to an activating group) is 2. The smallest absolute Gasteiger partial charge is 0.279 e. The van der Waals surface area contributed by atoms with Crippen molar-refractivity contribution in [1.29, 1.82) is 0 Å². The van der Waals surface area contributed by atoms with E-state index in [0.29, 0.717) is 22.1 Å². The van der Waals surface area contributed by atoms with Gasteiger partial charge < -0.3 is 29.1 Å². The number of amides is 2. The van der Waals surface area contributed by atoms with Crippen LogP contribution in [0.15, 0.2) is 48.5 Å². The zero-order chi connectivity index (χ0) is 46.4. The molecule has 0 heterocycles. The first-order valence-electron chi connectivity index (χ1n) is 26.7. The van der Waals surface area contributed by atoms with E-state index in [-0.39, 0.29) is 11.8 Å². The summed E-state index contributed by atoms with van der Waals surface area (Å²) in [6, 6.07) is 15.5. The Balaban J connectivity index is 1.48. The van der Waals surface area contributed by atoms with E-state index in [4.69, 9.17) is 9.47 Å². The van der Waals surface area contributed by atoms with Crippen molar-refractivity contribution in [2.24, 2.45) is 0 Å². The Morgan fingerprint density at radius 2 is 0.625 bits per heavy atom. The van der Waals surface area contributed by atoms with Crippen molar-refractivity contribution in [1.82, 2.24) is 0 Å². The van der Waals surface area contributed by atoms with Gasteiger partial charge in [-0.3, -0.25) is 9.59 Å². The first-order valence-corrected chi connectivity index (χ1v) is 26.7. The van der Waals surface area contributed by atoms with Crippen LogP contribution in [0, 0.1) is 0 Å². The molecule has 0 saturated heterocycles. The first-order chi connectivity index (χ1) is 31.0. The largest absolute Gasteiger partial charge is 0.494 e. The summed E-state index contributed by atoms with van der Waals surface area (Å²) in [6.07, 6.45) is 39.8. The standard InChI is InChI=1S/C56H98N4O4/c1-7-9-11-13-15-17-19-21-23-25-27-29-31-35-47-63-53-41-37-51(38-42-53)57-55(61)49-59(3,4)45-33-34-46-60(5,6)50-56(62)58-52-39-43-54(44-40-52)64-48-36-32-30-28-26-24-22-20-18-16-14-12-10-8-2/h37-44H,7-36,45-50H2,1-6H3/p+2. The molecule has 64 heavy (non-hydrogen) atoms. The predicted octanol–water partition coefficient (Wildman–Crippen LogP) is 14.9. The second kappa shape index (κ2) is 37.0. The number of nitrogens with zero attached hydrogens (tertiary/aromatic N) is 2. The molecule has 0 unspecified atom stereocenters. The lowest BCUT2D eigenvalue weighted by molar-refractivity contribution is -0.888. The number of nitrogens with one attached hydrogen (secondary N) is 2. The molecule has 2 rings (SSSR count). The molecule has 0 spiro atoms. The van der Waals surface area contributed by atoms with Gasteiger partial charge in [-0.25, -0.2) is 0 Å². The maximum absolute atomic E-state index is 13.0. The second-order valence-corrected chi connectivity index (χ2v) is 20.4. The molecule has 2 aromatic carbocycles. The minimum absolute atomic E-state index is 0.0125. The van der Waals surface area contributed by atoms with Crippen LogP contribution in [0.5, 0.6) is 11.5 Å². The Kier molecular flexibility index (Phi) is 33.0. The van der Waals surface area contributed by atoms with E-state index in [1.54, 1.807) is 0 Å². The van der Waals surface area contributed by atoms with Crippen LogP contribution in [0.1, 0.15) is 206 Å². The number of hydrogen-bond acceptors (Lipinski definition) is 4. The number of quaternary nitrogens is 2. The molecule has 2 N–H and O–H groups in total. The minimum Gasteiger partial charge on any atom is -0.494 e. The van der Waals surface area contributed by atoms with Crippen molar-refractivity contribution in [3.05, 3.63) is 48.5 Å². The Labute approximate surface area is 394 Å². The second-order valence-electron chi connectivity index (χ2n) is 20.4. The van der Waals surface area contributed by atoms with Crippen molar-refractivity contribution in [2.45, 2.75) is 206 Å². The Morgan fingerprint density at radius 1 is 0.375 bits per heavy atom. The topological polar surface area (TPSA) is 76.7 Å². The monoisotopic (exact) mass is 893 g/mol. The summed E-state index contributed by atoms with van der Waals surface area (Å²) in [6.45, 7) is 8.63. The van der Waals surface area contributed by atoms with Crippen molar-refractivity contribution < 1.29 is 28.0 Å². The van der Waals surface area contributed by atoms with Crippen LogP contribution in [0.4, 0.5) is 11.4 Å². The maximum atomic E-state index is 13.0. The van der Waals surface area contributed by atoms with Crippen LogP contribution in [-0.2, 0) is 9.59 Å². The van der Waals surface area contributed by atoms with Gasteiger partial charge in [0.25, 0.3) is 11.8 Å². The van der Waals surface area contributed by atoms with Crippen LogP contribution >= 0.6 is 0 Å². The lowest BCUT2D eigenvalue weighted by atomic mass is 10.0. The fourth-order valence-electron chi connectivity index (χ4n) is 8.66. The molecule has 8 heteroatoms. The lowest BCUT2D eigenvalue weighted by Gasteiger charge is -2.31. The molecule has 2 aromatic rings. The summed E-state index contributed by atoms with van der Waals surface area (Å²) >= 11 is 0. The van der Waals surface area contributed by atoms with Crippen molar-refractivity contribution in [2.75, 3.05) is 78.2 Å². The minimum atomic E-state index is 0.0125. The number of rotatable bonds is 43. The molecule has 2 amide bonds. The van der Waals surface area contributed by atoms with Gasteiger partial charge in [0, 0.05) is 24.2 Å². The van der Waals surface area contributed by atoms with E-state index in [1.165, 1.54) is 167 Å². The summed E-state index contributed by atoms with van der Waals surface area (Å²) in [4.78, 5) is 25.9. The van der Waals surface area contributed by atoms with Crippen LogP contribution in [0.2, 0.25) is 0 Å². The average Bonchev–Trinajstić information content (AvgIpc) is 3.26. The number of hydrogen-bond donors (Lipinski definition) is 2. The van der Waals surface area contributed by atoms with Gasteiger partial charge in [-0.2, -0.15) is 0 Å². The van der Waals surface area contributed by atoms with Gasteiger partial charge in [0.2, 0.25) is 0 Å². The molecule has 0 atom stereocenters. The lowest BCUT2D eigenvalue weighted by Crippen LogP contribution is -2.48. The number of benzene rings is 2. The summed E-state index contributed by atoms with van der Waals surface area (Å²) in [5.41, 5.74) is 1.59. The third-order valence-corrected chi connectivity index (χ3v) is 12.7. The normalized spacial score (nSPS) is 11.8. The van der Waals surface area contributed by atoms with Crippen LogP contribution in [-0.4, -0.2) is 88.4 Å². The predicted molar refractivity (Wildman–Crippen MR) is 275 cm³/mol. The first kappa shape index (κ1) is 57.0. The Morgan fingerprint density at radius 3 is 0.891 bits per heavy atom. The van der Waals surface area contributed by atoms with Gasteiger partial charge in [-0.1, -0.05) is 181 Å². The fourth-order valence-corrected chi connectivity index (χ4v) is 8.66. The van der Waals surface area contributed by atoms with Crippen molar-refractivity contribution in [3.8, 4) is 11.5 Å². The molecule has 8 nitrogen and oxygen atoms in total. The number of unbranched alkanes of at least 4 members (excludes halogenated alkanes) is 27. The van der Waals surface area contributed by atoms with Gasteiger partial charge in [0.15, 0.2) is 13.1 Å². The molecule has 366 valence electrons. The molecule has 0 bridgehead atoms. The van der Waals surface area contributed by atoms with Gasteiger partial charge in [0.1, 0.15) is 11.5 Å². The van der Waals surface area contributed by atoms with E-state index in [2.05, 4.69) is 52.7 Å². The highest BCUT2D eigenvalue weighted by atomic mass is 16.5. The average molecular weight is 893 g/mol. The molecule has 0 aliphatic carbocycles. The van der Waals surface area contributed by atoms with Crippen LogP contribution in [0.3, 0.4) is 0 Å². The molecule has 0 radical (unpaired) electrons. The van der Waals surface area contributed by atoms with Gasteiger partial charge >= 0.3 is 0 Å². The van der Waals surface area contributed by atoms with E-state index < -0.39 is 0 Å². The SMILES string of the molecule is CCCCCCCCCCCCCCCCOc1ccc(NC(=O)C[N+](C)(C)CCCC[N+](C)(C)CC(=O)Nc2ccc(OCCCCCCCCCCCCCCCC)cc2)cc1. The zero-order valence-electron chi connectivity index (χ0n) is 42.6.